The van der Waals surface area contributed by atoms with E-state index >= 15 is 0 Å². The largest absolute Gasteiger partial charge is 0.353 e. The van der Waals surface area contributed by atoms with Crippen molar-refractivity contribution in [1.82, 2.24) is 4.90 Å². The van der Waals surface area contributed by atoms with Crippen LogP contribution in [0.1, 0.15) is 31.4 Å². The summed E-state index contributed by atoms with van der Waals surface area (Å²) in [7, 11) is 2.13. The maximum atomic E-state index is 5.55. The molecule has 108 valence electrons. The average molecular weight is 265 g/mol. The number of ether oxygens (including phenoxy) is 2. The molecule has 19 heavy (non-hydrogen) atoms. The van der Waals surface area contributed by atoms with Gasteiger partial charge in [-0.3, -0.25) is 0 Å². The summed E-state index contributed by atoms with van der Waals surface area (Å²) in [5, 5.41) is 0. The van der Waals surface area contributed by atoms with E-state index in [2.05, 4.69) is 43.1 Å². The minimum atomic E-state index is -0.0736. The number of hydrogen-bond acceptors (Lipinski definition) is 3. The molecule has 0 fully saturated rings. The second-order valence-electron chi connectivity index (χ2n) is 4.85. The van der Waals surface area contributed by atoms with Crippen LogP contribution in [0.2, 0.25) is 0 Å². The molecule has 0 aromatic heterocycles. The first kappa shape index (κ1) is 16.2. The third kappa shape index (κ3) is 6.71. The second kappa shape index (κ2) is 9.08. The molecule has 3 nitrogen and oxygen atoms in total. The maximum Gasteiger partial charge on any atom is 0.158 e. The van der Waals surface area contributed by atoms with Gasteiger partial charge in [-0.2, -0.15) is 0 Å². The summed E-state index contributed by atoms with van der Waals surface area (Å²) in [6, 6.07) is 8.70. The Hall–Kier alpha value is -0.900. The van der Waals surface area contributed by atoms with E-state index in [4.69, 9.17) is 9.47 Å². The van der Waals surface area contributed by atoms with Crippen molar-refractivity contribution in [1.29, 1.82) is 0 Å². The third-order valence-electron chi connectivity index (χ3n) is 3.02. The smallest absolute Gasteiger partial charge is 0.158 e. The molecule has 0 aliphatic carbocycles. The molecule has 0 amide bonds. The van der Waals surface area contributed by atoms with Crippen molar-refractivity contribution < 1.29 is 9.47 Å². The van der Waals surface area contributed by atoms with E-state index in [0.29, 0.717) is 13.2 Å². The van der Waals surface area contributed by atoms with E-state index in [1.807, 2.05) is 13.8 Å². The lowest BCUT2D eigenvalue weighted by Gasteiger charge is -2.21. The van der Waals surface area contributed by atoms with Gasteiger partial charge in [0.05, 0.1) is 0 Å². The van der Waals surface area contributed by atoms with Gasteiger partial charge in [-0.25, -0.2) is 0 Å². The highest BCUT2D eigenvalue weighted by atomic mass is 16.7. The monoisotopic (exact) mass is 265 g/mol. The SMILES string of the molecule is CCOC(CCN(C)Cc1ccc(C)cc1)OCC. The molecule has 1 aromatic carbocycles. The van der Waals surface area contributed by atoms with Crippen LogP contribution in [0.3, 0.4) is 0 Å². The van der Waals surface area contributed by atoms with E-state index in [0.717, 1.165) is 19.5 Å². The van der Waals surface area contributed by atoms with Crippen LogP contribution < -0.4 is 0 Å². The van der Waals surface area contributed by atoms with Crippen LogP contribution in [0.25, 0.3) is 0 Å². The van der Waals surface area contributed by atoms with Crippen LogP contribution >= 0.6 is 0 Å². The molecule has 0 spiro atoms. The molecule has 0 atom stereocenters. The van der Waals surface area contributed by atoms with Crippen LogP contribution in [-0.4, -0.2) is 38.0 Å². The average Bonchev–Trinajstić information content (AvgIpc) is 2.39. The summed E-state index contributed by atoms with van der Waals surface area (Å²) in [6.45, 7) is 9.45. The second-order valence-corrected chi connectivity index (χ2v) is 4.85. The van der Waals surface area contributed by atoms with E-state index in [1.54, 1.807) is 0 Å². The normalized spacial score (nSPS) is 11.5. The van der Waals surface area contributed by atoms with Gasteiger partial charge in [0.2, 0.25) is 0 Å². The first-order chi connectivity index (χ1) is 9.15. The van der Waals surface area contributed by atoms with Crippen molar-refractivity contribution in [3.8, 4) is 0 Å². The molecule has 1 rings (SSSR count). The molecule has 0 aliphatic rings. The lowest BCUT2D eigenvalue weighted by Crippen LogP contribution is -2.26. The summed E-state index contributed by atoms with van der Waals surface area (Å²) >= 11 is 0. The Labute approximate surface area is 117 Å². The molecule has 0 saturated heterocycles. The molecular weight excluding hydrogens is 238 g/mol. The lowest BCUT2D eigenvalue weighted by molar-refractivity contribution is -0.141. The number of benzene rings is 1. The quantitative estimate of drug-likeness (QED) is 0.640. The zero-order valence-corrected chi connectivity index (χ0v) is 12.7. The summed E-state index contributed by atoms with van der Waals surface area (Å²) in [6.07, 6.45) is 0.833. The van der Waals surface area contributed by atoms with Crippen molar-refractivity contribution in [3.05, 3.63) is 35.4 Å². The minimum Gasteiger partial charge on any atom is -0.353 e. The number of aryl methyl sites for hydroxylation is 1. The summed E-state index contributed by atoms with van der Waals surface area (Å²) in [4.78, 5) is 2.30. The molecule has 0 heterocycles. The standard InChI is InChI=1S/C16H27NO2/c1-5-18-16(19-6-2)11-12-17(4)13-15-9-7-14(3)8-10-15/h7-10,16H,5-6,11-13H2,1-4H3. The molecule has 0 N–H and O–H groups in total. The molecule has 0 aliphatic heterocycles. The van der Waals surface area contributed by atoms with Crippen molar-refractivity contribution >= 4 is 0 Å². The predicted octanol–water partition coefficient (Wildman–Crippen LogP) is 3.22. The first-order valence-corrected chi connectivity index (χ1v) is 7.13. The van der Waals surface area contributed by atoms with Gasteiger partial charge < -0.3 is 14.4 Å². The Balaban J connectivity index is 2.33. The topological polar surface area (TPSA) is 21.7 Å². The van der Waals surface area contributed by atoms with Crippen LogP contribution in [0.4, 0.5) is 0 Å². The highest BCUT2D eigenvalue weighted by Gasteiger charge is 2.09. The molecule has 0 bridgehead atoms. The van der Waals surface area contributed by atoms with Gasteiger partial charge >= 0.3 is 0 Å². The van der Waals surface area contributed by atoms with E-state index in [-0.39, 0.29) is 6.29 Å². The summed E-state index contributed by atoms with van der Waals surface area (Å²) in [5.41, 5.74) is 2.65. The Morgan fingerprint density at radius 3 is 2.16 bits per heavy atom. The molecular formula is C16H27NO2. The zero-order valence-electron chi connectivity index (χ0n) is 12.7. The van der Waals surface area contributed by atoms with Crippen LogP contribution in [-0.2, 0) is 16.0 Å². The van der Waals surface area contributed by atoms with E-state index in [1.165, 1.54) is 11.1 Å². The molecule has 0 radical (unpaired) electrons. The fraction of sp³-hybridized carbons (Fsp3) is 0.625. The predicted molar refractivity (Wildman–Crippen MR) is 79.2 cm³/mol. The summed E-state index contributed by atoms with van der Waals surface area (Å²) < 4.78 is 11.1. The Bertz CT molecular complexity index is 331. The minimum absolute atomic E-state index is 0.0736. The Kier molecular flexibility index (Phi) is 7.72. The van der Waals surface area contributed by atoms with Crippen molar-refractivity contribution in [2.24, 2.45) is 0 Å². The first-order valence-electron chi connectivity index (χ1n) is 7.13. The van der Waals surface area contributed by atoms with Gasteiger partial charge in [0.1, 0.15) is 0 Å². The van der Waals surface area contributed by atoms with Crippen molar-refractivity contribution in [2.75, 3.05) is 26.8 Å². The molecule has 0 unspecified atom stereocenters. The Morgan fingerprint density at radius 2 is 1.63 bits per heavy atom. The molecule has 0 saturated carbocycles. The Morgan fingerprint density at radius 1 is 1.05 bits per heavy atom. The van der Waals surface area contributed by atoms with Crippen LogP contribution in [0.15, 0.2) is 24.3 Å². The highest BCUT2D eigenvalue weighted by Crippen LogP contribution is 2.08. The van der Waals surface area contributed by atoms with Gasteiger partial charge in [0, 0.05) is 32.7 Å². The van der Waals surface area contributed by atoms with Gasteiger partial charge in [-0.1, -0.05) is 29.8 Å². The molecule has 1 aromatic rings. The maximum absolute atomic E-state index is 5.55. The van der Waals surface area contributed by atoms with Crippen molar-refractivity contribution in [2.45, 2.75) is 40.0 Å². The van der Waals surface area contributed by atoms with Gasteiger partial charge in [-0.05, 0) is 33.4 Å². The van der Waals surface area contributed by atoms with E-state index < -0.39 is 0 Å². The molecule has 3 heteroatoms. The van der Waals surface area contributed by atoms with Gasteiger partial charge in [0.25, 0.3) is 0 Å². The third-order valence-corrected chi connectivity index (χ3v) is 3.02. The van der Waals surface area contributed by atoms with Crippen molar-refractivity contribution in [3.63, 3.8) is 0 Å². The fourth-order valence-corrected chi connectivity index (χ4v) is 2.00. The number of nitrogens with zero attached hydrogens (tertiary/aromatic N) is 1. The number of rotatable bonds is 9. The van der Waals surface area contributed by atoms with Gasteiger partial charge in [-0.15, -0.1) is 0 Å². The highest BCUT2D eigenvalue weighted by molar-refractivity contribution is 5.21. The van der Waals surface area contributed by atoms with E-state index in [9.17, 15) is 0 Å². The lowest BCUT2D eigenvalue weighted by atomic mass is 10.1. The van der Waals surface area contributed by atoms with Crippen LogP contribution in [0, 0.1) is 6.92 Å². The van der Waals surface area contributed by atoms with Gasteiger partial charge in [0.15, 0.2) is 6.29 Å². The van der Waals surface area contributed by atoms with Crippen LogP contribution in [0.5, 0.6) is 0 Å². The zero-order chi connectivity index (χ0) is 14.1. The number of hydrogen-bond donors (Lipinski definition) is 0. The summed E-state index contributed by atoms with van der Waals surface area (Å²) in [5.74, 6) is 0. The fourth-order valence-electron chi connectivity index (χ4n) is 2.00.